The van der Waals surface area contributed by atoms with Gasteiger partial charge >= 0.3 is 20.4 Å². The van der Waals surface area contributed by atoms with Crippen LogP contribution in [0.5, 0.6) is 0 Å². The fourth-order valence-corrected chi connectivity index (χ4v) is 2.04. The summed E-state index contributed by atoms with van der Waals surface area (Å²) < 4.78 is 2.93. The molecule has 0 fully saturated rings. The van der Waals surface area contributed by atoms with Crippen molar-refractivity contribution in [2.24, 2.45) is 0 Å². The zero-order valence-corrected chi connectivity index (χ0v) is 7.40. The Balaban J connectivity index is 2.72. The first-order valence-electron chi connectivity index (χ1n) is 3.53. The minimum atomic E-state index is 0.313. The number of hydrogen-bond acceptors (Lipinski definition) is 0. The summed E-state index contributed by atoms with van der Waals surface area (Å²) in [5.74, 6) is 0. The predicted octanol–water partition coefficient (Wildman–Crippen LogP) is 2.51. The quantitative estimate of drug-likeness (QED) is 0.305. The van der Waals surface area contributed by atoms with Gasteiger partial charge in [0, 0.05) is 0 Å². The van der Waals surface area contributed by atoms with Crippen LogP contribution < -0.4 is 0 Å². The van der Waals surface area contributed by atoms with E-state index in [-0.39, 0.29) is 0 Å². The Kier molecular flexibility index (Phi) is 7.98. The molecule has 0 rings (SSSR count). The van der Waals surface area contributed by atoms with Gasteiger partial charge in [-0.2, -0.15) is 0 Å². The summed E-state index contributed by atoms with van der Waals surface area (Å²) in [6.07, 6.45) is 5.84. The lowest BCUT2D eigenvalue weighted by molar-refractivity contribution is 1.07. The second-order valence-corrected chi connectivity index (χ2v) is 4.06. The summed E-state index contributed by atoms with van der Waals surface area (Å²) in [4.78, 5) is 0. The number of hydrogen-bond donors (Lipinski definition) is 0. The van der Waals surface area contributed by atoms with E-state index in [9.17, 15) is 0 Å². The summed E-state index contributed by atoms with van der Waals surface area (Å²) in [7, 11) is 0. The standard InChI is InChI=1S/C4H7.C3H7.Mg/c1-3-4-2;1-3-2;/h3-4H,1H2,2H3;1,3H2,2H3;/b4-3+;;. The van der Waals surface area contributed by atoms with Crippen LogP contribution in [0.3, 0.4) is 0 Å². The normalized spacial score (nSPS) is 9.75. The molecule has 0 bridgehead atoms. The number of allylic oxidation sites excluding steroid dienone is 2. The van der Waals surface area contributed by atoms with Gasteiger partial charge in [0.1, 0.15) is 0 Å². The van der Waals surface area contributed by atoms with E-state index in [4.69, 9.17) is 0 Å². The highest BCUT2D eigenvalue weighted by Crippen LogP contribution is 1.90. The molecule has 0 spiro atoms. The van der Waals surface area contributed by atoms with Crippen molar-refractivity contribution in [3.05, 3.63) is 12.2 Å². The van der Waals surface area contributed by atoms with Crippen molar-refractivity contribution in [1.82, 2.24) is 0 Å². The third-order valence-corrected chi connectivity index (χ3v) is 3.16. The van der Waals surface area contributed by atoms with Gasteiger partial charge in [0.15, 0.2) is 0 Å². The highest BCUT2D eigenvalue weighted by Gasteiger charge is 1.87. The lowest BCUT2D eigenvalue weighted by Gasteiger charge is -1.84. The molecule has 0 saturated heterocycles. The van der Waals surface area contributed by atoms with Gasteiger partial charge in [-0.1, -0.05) is 19.4 Å². The fourth-order valence-electron chi connectivity index (χ4n) is 0.679. The van der Waals surface area contributed by atoms with Crippen LogP contribution in [-0.2, 0) is 0 Å². The van der Waals surface area contributed by atoms with Gasteiger partial charge in [-0.05, 0) is 6.92 Å². The molecule has 44 valence electrons. The van der Waals surface area contributed by atoms with E-state index in [1.807, 2.05) is 0 Å². The molecule has 0 aromatic rings. The molecule has 0 aliphatic carbocycles. The second-order valence-electron chi connectivity index (χ2n) is 2.06. The van der Waals surface area contributed by atoms with E-state index >= 15 is 0 Å². The first-order valence-corrected chi connectivity index (χ1v) is 5.53. The van der Waals surface area contributed by atoms with Crippen molar-refractivity contribution in [1.29, 1.82) is 0 Å². The summed E-state index contributed by atoms with van der Waals surface area (Å²) in [6, 6.07) is 0. The molecule has 0 atom stereocenters. The molecule has 0 heterocycles. The molecule has 0 unspecified atom stereocenters. The van der Waals surface area contributed by atoms with Crippen LogP contribution in [0.2, 0.25) is 9.10 Å². The summed E-state index contributed by atoms with van der Waals surface area (Å²) >= 11 is 0.313. The molecule has 0 nitrogen and oxygen atoms in total. The SMILES string of the molecule is C/C=C/[CH2][Mg][CH2]CC. The van der Waals surface area contributed by atoms with Gasteiger partial charge in [0.05, 0.1) is 0 Å². The molecule has 0 aromatic heterocycles. The Morgan fingerprint density at radius 2 is 2.25 bits per heavy atom. The predicted molar refractivity (Wildman–Crippen MR) is 40.5 cm³/mol. The first-order chi connectivity index (χ1) is 3.91. The molecule has 0 aromatic carbocycles. The number of rotatable bonds is 4. The third kappa shape index (κ3) is 6.51. The van der Waals surface area contributed by atoms with E-state index in [0.717, 1.165) is 0 Å². The maximum absolute atomic E-state index is 2.29. The first kappa shape index (κ1) is 8.51. The summed E-state index contributed by atoms with van der Waals surface area (Å²) in [5, 5.41) is 0. The van der Waals surface area contributed by atoms with E-state index in [0.29, 0.717) is 20.4 Å². The molecular formula is C7H14Mg. The molecule has 0 N–H and O–H groups in total. The summed E-state index contributed by atoms with van der Waals surface area (Å²) in [6.45, 7) is 4.36. The highest BCUT2D eigenvalue weighted by molar-refractivity contribution is 6.35. The molecular weight excluding hydrogens is 108 g/mol. The maximum Gasteiger partial charge on any atom is 0.369 e. The zero-order chi connectivity index (χ0) is 6.24. The fraction of sp³-hybridized carbons (Fsp3) is 0.714. The Bertz CT molecular complexity index is 57.4. The van der Waals surface area contributed by atoms with Gasteiger partial charge in [-0.3, -0.25) is 0 Å². The van der Waals surface area contributed by atoms with Gasteiger partial charge in [-0.15, -0.1) is 15.2 Å². The third-order valence-electron chi connectivity index (χ3n) is 1.21. The molecule has 0 amide bonds. The second kappa shape index (κ2) is 7.51. The van der Waals surface area contributed by atoms with Gasteiger partial charge < -0.3 is 0 Å². The van der Waals surface area contributed by atoms with Crippen LogP contribution in [0, 0.1) is 0 Å². The largest absolute Gasteiger partial charge is 0.369 e. The van der Waals surface area contributed by atoms with Crippen LogP contribution >= 0.6 is 0 Å². The topological polar surface area (TPSA) is 0 Å². The summed E-state index contributed by atoms with van der Waals surface area (Å²) in [5.41, 5.74) is 0. The molecule has 8 heavy (non-hydrogen) atoms. The van der Waals surface area contributed by atoms with Crippen LogP contribution in [0.25, 0.3) is 0 Å². The van der Waals surface area contributed by atoms with E-state index in [2.05, 4.69) is 26.0 Å². The van der Waals surface area contributed by atoms with Crippen LogP contribution in [0.1, 0.15) is 20.3 Å². The Labute approximate surface area is 62.1 Å². The molecule has 0 saturated carbocycles. The van der Waals surface area contributed by atoms with Gasteiger partial charge in [-0.25, -0.2) is 0 Å². The van der Waals surface area contributed by atoms with Crippen LogP contribution in [0.4, 0.5) is 0 Å². The van der Waals surface area contributed by atoms with Crippen LogP contribution in [0.15, 0.2) is 12.2 Å². The highest BCUT2D eigenvalue weighted by atomic mass is 24.5. The maximum atomic E-state index is 2.29. The minimum Gasteiger partial charge on any atom is -0.146 e. The smallest absolute Gasteiger partial charge is 0.146 e. The monoisotopic (exact) mass is 122 g/mol. The van der Waals surface area contributed by atoms with Crippen molar-refractivity contribution in [3.63, 3.8) is 0 Å². The Hall–Kier alpha value is 0.506. The van der Waals surface area contributed by atoms with Crippen LogP contribution in [-0.4, -0.2) is 20.4 Å². The molecule has 0 aliphatic heterocycles. The molecule has 0 aliphatic rings. The lowest BCUT2D eigenvalue weighted by Crippen LogP contribution is -1.82. The molecule has 1 heteroatoms. The van der Waals surface area contributed by atoms with E-state index in [1.54, 1.807) is 0 Å². The minimum absolute atomic E-state index is 0.313. The Morgan fingerprint density at radius 1 is 1.50 bits per heavy atom. The van der Waals surface area contributed by atoms with E-state index < -0.39 is 0 Å². The van der Waals surface area contributed by atoms with Crippen molar-refractivity contribution in [2.45, 2.75) is 29.4 Å². The van der Waals surface area contributed by atoms with Crippen molar-refractivity contribution in [3.8, 4) is 0 Å². The Morgan fingerprint density at radius 3 is 2.75 bits per heavy atom. The molecule has 0 radical (unpaired) electrons. The average molecular weight is 122 g/mol. The zero-order valence-electron chi connectivity index (χ0n) is 5.98. The average Bonchev–Trinajstić information content (AvgIpc) is 1.81. The lowest BCUT2D eigenvalue weighted by atomic mass is 10.6. The van der Waals surface area contributed by atoms with Crippen molar-refractivity contribution in [2.75, 3.05) is 0 Å². The van der Waals surface area contributed by atoms with Crippen molar-refractivity contribution >= 4 is 20.4 Å². The van der Waals surface area contributed by atoms with E-state index in [1.165, 1.54) is 15.5 Å². The van der Waals surface area contributed by atoms with Gasteiger partial charge in [0.2, 0.25) is 0 Å². The van der Waals surface area contributed by atoms with Gasteiger partial charge in [0.25, 0.3) is 0 Å². The van der Waals surface area contributed by atoms with Crippen molar-refractivity contribution < 1.29 is 0 Å².